The van der Waals surface area contributed by atoms with Crippen LogP contribution in [0.1, 0.15) is 23.6 Å². The molecule has 1 N–H and O–H groups in total. The normalized spacial score (nSPS) is 17.7. The number of likely N-dealkylation sites (tertiary alicyclic amines) is 1. The van der Waals surface area contributed by atoms with Gasteiger partial charge < -0.3 is 19.3 Å². The highest BCUT2D eigenvalue weighted by molar-refractivity contribution is 9.10. The molecule has 1 aliphatic rings. The van der Waals surface area contributed by atoms with E-state index in [1.165, 1.54) is 4.90 Å². The Bertz CT molecular complexity index is 1160. The minimum absolute atomic E-state index is 0.0770. The van der Waals surface area contributed by atoms with Gasteiger partial charge in [-0.1, -0.05) is 40.2 Å². The Morgan fingerprint density at radius 2 is 1.94 bits per heavy atom. The predicted molar refractivity (Wildman–Crippen MR) is 123 cm³/mol. The molecule has 0 spiro atoms. The number of carbonyl (C=O) groups excluding carboxylic acids is 2. The molecular formula is C24H22BrN3O4. The SMILES string of the molecule is COc1cccc(C2/C(=C(\O)c3ccc(Br)cc3)C(=O)C(=O)N2CCCn2ccnc2)c1. The van der Waals surface area contributed by atoms with E-state index < -0.39 is 17.7 Å². The first-order valence-electron chi connectivity index (χ1n) is 10.1. The summed E-state index contributed by atoms with van der Waals surface area (Å²) in [5.41, 5.74) is 1.25. The van der Waals surface area contributed by atoms with Gasteiger partial charge in [-0.25, -0.2) is 4.98 Å². The Labute approximate surface area is 194 Å². The zero-order valence-electron chi connectivity index (χ0n) is 17.4. The number of Topliss-reactive ketones (excluding diaryl/α,β-unsaturated/α-hetero) is 1. The van der Waals surface area contributed by atoms with Crippen LogP contribution in [0.25, 0.3) is 5.76 Å². The molecule has 0 aliphatic carbocycles. The fourth-order valence-electron chi connectivity index (χ4n) is 3.87. The van der Waals surface area contributed by atoms with Crippen molar-refractivity contribution in [3.05, 3.63) is 88.4 Å². The van der Waals surface area contributed by atoms with Crippen LogP contribution in [0.3, 0.4) is 0 Å². The largest absolute Gasteiger partial charge is 0.507 e. The molecule has 164 valence electrons. The number of ketones is 1. The van der Waals surface area contributed by atoms with Crippen LogP contribution in [-0.2, 0) is 16.1 Å². The third-order valence-electron chi connectivity index (χ3n) is 5.44. The fourth-order valence-corrected chi connectivity index (χ4v) is 4.14. The maximum atomic E-state index is 13.1. The van der Waals surface area contributed by atoms with Crippen molar-refractivity contribution in [2.45, 2.75) is 19.0 Å². The number of rotatable bonds is 7. The fraction of sp³-hybridized carbons (Fsp3) is 0.208. The van der Waals surface area contributed by atoms with Crippen molar-refractivity contribution in [2.75, 3.05) is 13.7 Å². The van der Waals surface area contributed by atoms with Gasteiger partial charge in [-0.15, -0.1) is 0 Å². The van der Waals surface area contributed by atoms with Gasteiger partial charge in [-0.3, -0.25) is 9.59 Å². The first kappa shape index (κ1) is 21.8. The summed E-state index contributed by atoms with van der Waals surface area (Å²) in [6.07, 6.45) is 5.88. The van der Waals surface area contributed by atoms with Gasteiger partial charge in [0.2, 0.25) is 0 Å². The lowest BCUT2D eigenvalue weighted by molar-refractivity contribution is -0.139. The molecule has 0 saturated carbocycles. The molecule has 1 fully saturated rings. The summed E-state index contributed by atoms with van der Waals surface area (Å²) in [7, 11) is 1.56. The lowest BCUT2D eigenvalue weighted by Gasteiger charge is -2.25. The van der Waals surface area contributed by atoms with E-state index in [-0.39, 0.29) is 11.3 Å². The highest BCUT2D eigenvalue weighted by atomic mass is 79.9. The number of halogens is 1. The number of hydrogen-bond acceptors (Lipinski definition) is 5. The van der Waals surface area contributed by atoms with Crippen molar-refractivity contribution in [1.29, 1.82) is 0 Å². The number of aliphatic hydroxyl groups is 1. The van der Waals surface area contributed by atoms with Crippen molar-refractivity contribution >= 4 is 33.4 Å². The molecule has 1 aliphatic heterocycles. The van der Waals surface area contributed by atoms with Crippen LogP contribution in [-0.4, -0.2) is 44.9 Å². The van der Waals surface area contributed by atoms with Gasteiger partial charge in [-0.05, 0) is 36.2 Å². The van der Waals surface area contributed by atoms with Gasteiger partial charge in [0.25, 0.3) is 11.7 Å². The molecule has 32 heavy (non-hydrogen) atoms. The molecule has 1 atom stereocenters. The van der Waals surface area contributed by atoms with Gasteiger partial charge in [0, 0.05) is 35.5 Å². The maximum Gasteiger partial charge on any atom is 0.295 e. The summed E-state index contributed by atoms with van der Waals surface area (Å²) in [6.45, 7) is 1.00. The van der Waals surface area contributed by atoms with Crippen molar-refractivity contribution in [2.24, 2.45) is 0 Å². The second kappa shape index (κ2) is 9.40. The molecule has 0 bridgehead atoms. The summed E-state index contributed by atoms with van der Waals surface area (Å²) in [5, 5.41) is 11.1. The Hall–Kier alpha value is -3.39. The lowest BCUT2D eigenvalue weighted by Crippen LogP contribution is -2.31. The highest BCUT2D eigenvalue weighted by Gasteiger charge is 2.45. The van der Waals surface area contributed by atoms with Gasteiger partial charge >= 0.3 is 0 Å². The van der Waals surface area contributed by atoms with Gasteiger partial charge in [-0.2, -0.15) is 0 Å². The molecule has 2 aromatic carbocycles. The van der Waals surface area contributed by atoms with E-state index in [0.717, 1.165) is 4.47 Å². The zero-order valence-corrected chi connectivity index (χ0v) is 19.0. The molecule has 2 heterocycles. The van der Waals surface area contributed by atoms with E-state index in [1.54, 1.807) is 62.1 Å². The van der Waals surface area contributed by atoms with Gasteiger partial charge in [0.15, 0.2) is 0 Å². The number of carbonyl (C=O) groups is 2. The topological polar surface area (TPSA) is 84.7 Å². The van der Waals surface area contributed by atoms with Crippen LogP contribution in [0.15, 0.2) is 77.3 Å². The molecule has 3 aromatic rings. The average molecular weight is 496 g/mol. The Morgan fingerprint density at radius 3 is 2.62 bits per heavy atom. The molecule has 1 aromatic heterocycles. The Morgan fingerprint density at radius 1 is 1.16 bits per heavy atom. The Balaban J connectivity index is 1.74. The summed E-state index contributed by atoms with van der Waals surface area (Å²) in [5.74, 6) is -0.904. The molecule has 1 saturated heterocycles. The van der Waals surface area contributed by atoms with E-state index in [1.807, 2.05) is 16.8 Å². The first-order chi connectivity index (χ1) is 15.5. The molecular weight excluding hydrogens is 474 g/mol. The van der Waals surface area contributed by atoms with Crippen LogP contribution >= 0.6 is 15.9 Å². The van der Waals surface area contributed by atoms with Crippen LogP contribution < -0.4 is 4.74 Å². The summed E-state index contributed by atoms with van der Waals surface area (Å²) >= 11 is 3.37. The standard InChI is InChI=1S/C24H22BrN3O4/c1-32-19-5-2-4-17(14-19)21-20(22(29)16-6-8-18(25)9-7-16)23(30)24(31)28(21)12-3-11-27-13-10-26-15-27/h2,4-10,13-15,21,29H,3,11-12H2,1H3/b22-20+. The monoisotopic (exact) mass is 495 g/mol. The number of aliphatic hydroxyl groups excluding tert-OH is 1. The van der Waals surface area contributed by atoms with E-state index in [4.69, 9.17) is 4.74 Å². The first-order valence-corrected chi connectivity index (χ1v) is 10.9. The van der Waals surface area contributed by atoms with Crippen LogP contribution in [0.2, 0.25) is 0 Å². The number of amides is 1. The second-order valence-corrected chi connectivity index (χ2v) is 8.35. The molecule has 7 nitrogen and oxygen atoms in total. The van der Waals surface area contributed by atoms with E-state index in [9.17, 15) is 14.7 Å². The summed E-state index contributed by atoms with van der Waals surface area (Å²) < 4.78 is 8.11. The van der Waals surface area contributed by atoms with E-state index in [2.05, 4.69) is 20.9 Å². The van der Waals surface area contributed by atoms with Crippen molar-refractivity contribution in [1.82, 2.24) is 14.5 Å². The Kier molecular flexibility index (Phi) is 6.41. The third-order valence-corrected chi connectivity index (χ3v) is 5.97. The minimum atomic E-state index is -0.712. The van der Waals surface area contributed by atoms with Crippen molar-refractivity contribution in [3.63, 3.8) is 0 Å². The predicted octanol–water partition coefficient (Wildman–Crippen LogP) is 4.17. The highest BCUT2D eigenvalue weighted by Crippen LogP contribution is 2.40. The van der Waals surface area contributed by atoms with Gasteiger partial charge in [0.1, 0.15) is 11.5 Å². The number of methoxy groups -OCH3 is 1. The minimum Gasteiger partial charge on any atom is -0.507 e. The zero-order chi connectivity index (χ0) is 22.7. The summed E-state index contributed by atoms with van der Waals surface area (Å²) in [6, 6.07) is 13.5. The average Bonchev–Trinajstić information content (AvgIpc) is 3.41. The smallest absolute Gasteiger partial charge is 0.295 e. The van der Waals surface area contributed by atoms with E-state index in [0.29, 0.717) is 36.4 Å². The van der Waals surface area contributed by atoms with Crippen molar-refractivity contribution in [3.8, 4) is 5.75 Å². The molecule has 1 amide bonds. The third kappa shape index (κ3) is 4.31. The molecule has 1 unspecified atom stereocenters. The number of imidazole rings is 1. The number of ether oxygens (including phenoxy) is 1. The molecule has 4 rings (SSSR count). The number of aryl methyl sites for hydroxylation is 1. The summed E-state index contributed by atoms with van der Waals surface area (Å²) in [4.78, 5) is 31.6. The van der Waals surface area contributed by atoms with Crippen molar-refractivity contribution < 1.29 is 19.4 Å². The quantitative estimate of drug-likeness (QED) is 0.302. The lowest BCUT2D eigenvalue weighted by atomic mass is 9.95. The van der Waals surface area contributed by atoms with Crippen LogP contribution in [0.5, 0.6) is 5.75 Å². The molecule has 8 heteroatoms. The maximum absolute atomic E-state index is 13.1. The van der Waals surface area contributed by atoms with E-state index >= 15 is 0 Å². The number of nitrogens with zero attached hydrogens (tertiary/aromatic N) is 3. The van der Waals surface area contributed by atoms with Gasteiger partial charge in [0.05, 0.1) is 25.1 Å². The number of hydrogen-bond donors (Lipinski definition) is 1. The van der Waals surface area contributed by atoms with Crippen LogP contribution in [0.4, 0.5) is 0 Å². The number of aromatic nitrogens is 2. The van der Waals surface area contributed by atoms with Crippen LogP contribution in [0, 0.1) is 0 Å². The second-order valence-electron chi connectivity index (χ2n) is 7.43. The molecule has 0 radical (unpaired) electrons. The number of benzene rings is 2.